The molecule has 2 aromatic rings. The van der Waals surface area contributed by atoms with Gasteiger partial charge < -0.3 is 4.74 Å². The molecule has 3 rings (SSSR count). The molecule has 2 heterocycles. The van der Waals surface area contributed by atoms with Gasteiger partial charge in [0.2, 0.25) is 0 Å². The van der Waals surface area contributed by atoms with E-state index in [0.29, 0.717) is 5.92 Å². The van der Waals surface area contributed by atoms with Crippen LogP contribution in [0.1, 0.15) is 18.4 Å². The quantitative estimate of drug-likeness (QED) is 0.856. The smallest absolute Gasteiger partial charge is 0.113 e. The molecule has 1 aliphatic heterocycles. The first-order chi connectivity index (χ1) is 8.74. The number of aromatic nitrogens is 3. The van der Waals surface area contributed by atoms with E-state index in [1.807, 2.05) is 4.68 Å². The zero-order chi connectivity index (χ0) is 12.5. The topological polar surface area (TPSA) is 39.9 Å². The van der Waals surface area contributed by atoms with Crippen LogP contribution in [-0.2, 0) is 11.3 Å². The van der Waals surface area contributed by atoms with Crippen molar-refractivity contribution >= 4 is 27.0 Å². The normalized spacial score (nSPS) is 17.4. The SMILES string of the molecule is Cc1cc2nnn(CC3CCOCC3)c2cc1Br. The van der Waals surface area contributed by atoms with E-state index in [-0.39, 0.29) is 0 Å². The Morgan fingerprint density at radius 3 is 2.94 bits per heavy atom. The summed E-state index contributed by atoms with van der Waals surface area (Å²) < 4.78 is 8.53. The third-order valence-electron chi connectivity index (χ3n) is 3.57. The van der Waals surface area contributed by atoms with Crippen LogP contribution in [0.3, 0.4) is 0 Å². The zero-order valence-corrected chi connectivity index (χ0v) is 12.0. The van der Waals surface area contributed by atoms with Gasteiger partial charge in [-0.1, -0.05) is 21.1 Å². The molecule has 1 saturated heterocycles. The Morgan fingerprint density at radius 1 is 1.39 bits per heavy atom. The third-order valence-corrected chi connectivity index (χ3v) is 4.42. The molecule has 5 heteroatoms. The minimum absolute atomic E-state index is 0.656. The minimum atomic E-state index is 0.656. The molecule has 96 valence electrons. The number of aryl methyl sites for hydroxylation is 1. The average Bonchev–Trinajstić information content (AvgIpc) is 2.74. The molecule has 0 spiro atoms. The van der Waals surface area contributed by atoms with Crippen molar-refractivity contribution in [1.29, 1.82) is 0 Å². The van der Waals surface area contributed by atoms with E-state index in [9.17, 15) is 0 Å². The van der Waals surface area contributed by atoms with Crippen LogP contribution in [0.15, 0.2) is 16.6 Å². The maximum Gasteiger partial charge on any atom is 0.113 e. The van der Waals surface area contributed by atoms with Gasteiger partial charge in [0.05, 0.1) is 5.52 Å². The Hall–Kier alpha value is -0.940. The number of rotatable bonds is 2. The Balaban J connectivity index is 1.89. The lowest BCUT2D eigenvalue weighted by molar-refractivity contribution is 0.0604. The van der Waals surface area contributed by atoms with Crippen molar-refractivity contribution in [3.05, 3.63) is 22.2 Å². The number of fused-ring (bicyclic) bond motifs is 1. The highest BCUT2D eigenvalue weighted by atomic mass is 79.9. The van der Waals surface area contributed by atoms with Gasteiger partial charge in [0.25, 0.3) is 0 Å². The van der Waals surface area contributed by atoms with Crippen molar-refractivity contribution in [1.82, 2.24) is 15.0 Å². The first kappa shape index (κ1) is 12.1. The van der Waals surface area contributed by atoms with E-state index >= 15 is 0 Å². The van der Waals surface area contributed by atoms with Crippen LogP contribution in [0.2, 0.25) is 0 Å². The highest BCUT2D eigenvalue weighted by Crippen LogP contribution is 2.24. The molecular formula is C13H16BrN3O. The number of halogens is 1. The summed E-state index contributed by atoms with van der Waals surface area (Å²) in [5.41, 5.74) is 3.28. The molecule has 0 atom stereocenters. The molecule has 18 heavy (non-hydrogen) atoms. The second-order valence-electron chi connectivity index (χ2n) is 4.92. The van der Waals surface area contributed by atoms with Crippen molar-refractivity contribution in [2.45, 2.75) is 26.3 Å². The highest BCUT2D eigenvalue weighted by molar-refractivity contribution is 9.10. The molecule has 1 aromatic heterocycles. The minimum Gasteiger partial charge on any atom is -0.381 e. The molecule has 1 aromatic carbocycles. The fourth-order valence-corrected chi connectivity index (χ4v) is 2.73. The van der Waals surface area contributed by atoms with Crippen LogP contribution in [0, 0.1) is 12.8 Å². The molecule has 0 unspecified atom stereocenters. The first-order valence-corrected chi connectivity index (χ1v) is 7.10. The van der Waals surface area contributed by atoms with Gasteiger partial charge >= 0.3 is 0 Å². The molecule has 0 bridgehead atoms. The lowest BCUT2D eigenvalue weighted by atomic mass is 10.0. The Kier molecular flexibility index (Phi) is 3.35. The second-order valence-corrected chi connectivity index (χ2v) is 5.77. The van der Waals surface area contributed by atoms with Gasteiger partial charge in [0.15, 0.2) is 0 Å². The summed E-state index contributed by atoms with van der Waals surface area (Å²) in [6.07, 6.45) is 2.24. The summed E-state index contributed by atoms with van der Waals surface area (Å²) in [4.78, 5) is 0. The summed E-state index contributed by atoms with van der Waals surface area (Å²) in [5, 5.41) is 8.52. The zero-order valence-electron chi connectivity index (χ0n) is 10.4. The van der Waals surface area contributed by atoms with Gasteiger partial charge in [0, 0.05) is 24.2 Å². The van der Waals surface area contributed by atoms with Gasteiger partial charge in [-0.2, -0.15) is 0 Å². The predicted octanol–water partition coefficient (Wildman–Crippen LogP) is 2.93. The monoisotopic (exact) mass is 309 g/mol. The van der Waals surface area contributed by atoms with E-state index in [2.05, 4.69) is 45.3 Å². The maximum atomic E-state index is 5.39. The van der Waals surface area contributed by atoms with Gasteiger partial charge in [-0.15, -0.1) is 5.10 Å². The van der Waals surface area contributed by atoms with Crippen LogP contribution in [-0.4, -0.2) is 28.2 Å². The van der Waals surface area contributed by atoms with Crippen LogP contribution < -0.4 is 0 Å². The van der Waals surface area contributed by atoms with Gasteiger partial charge in [-0.3, -0.25) is 0 Å². The largest absolute Gasteiger partial charge is 0.381 e. The molecule has 0 radical (unpaired) electrons. The van der Waals surface area contributed by atoms with Gasteiger partial charge in [0.1, 0.15) is 5.52 Å². The Bertz CT molecular complexity index is 561. The second kappa shape index (κ2) is 4.97. The maximum absolute atomic E-state index is 5.39. The third kappa shape index (κ3) is 2.29. The summed E-state index contributed by atoms with van der Waals surface area (Å²) in [6.45, 7) is 4.76. The predicted molar refractivity (Wildman–Crippen MR) is 73.5 cm³/mol. The average molecular weight is 310 g/mol. The van der Waals surface area contributed by atoms with Crippen LogP contribution >= 0.6 is 15.9 Å². The van der Waals surface area contributed by atoms with Crippen molar-refractivity contribution in [2.24, 2.45) is 5.92 Å². The van der Waals surface area contributed by atoms with Crippen molar-refractivity contribution in [3.63, 3.8) is 0 Å². The number of hydrogen-bond donors (Lipinski definition) is 0. The molecule has 0 saturated carbocycles. The molecule has 1 aliphatic rings. The van der Waals surface area contributed by atoms with Gasteiger partial charge in [-0.05, 0) is 43.4 Å². The molecule has 0 aliphatic carbocycles. The van der Waals surface area contributed by atoms with E-state index in [4.69, 9.17) is 4.74 Å². The standard InChI is InChI=1S/C13H16BrN3O/c1-9-6-12-13(7-11(9)14)17(16-15-12)8-10-2-4-18-5-3-10/h6-7,10H,2-5,8H2,1H3. The fraction of sp³-hybridized carbons (Fsp3) is 0.538. The van der Waals surface area contributed by atoms with E-state index in [0.717, 1.165) is 48.1 Å². The van der Waals surface area contributed by atoms with Crippen molar-refractivity contribution < 1.29 is 4.74 Å². The van der Waals surface area contributed by atoms with E-state index in [1.165, 1.54) is 5.56 Å². The van der Waals surface area contributed by atoms with Crippen molar-refractivity contribution in [2.75, 3.05) is 13.2 Å². The first-order valence-electron chi connectivity index (χ1n) is 6.31. The van der Waals surface area contributed by atoms with Crippen molar-refractivity contribution in [3.8, 4) is 0 Å². The van der Waals surface area contributed by atoms with Crippen LogP contribution in [0.5, 0.6) is 0 Å². The molecule has 4 nitrogen and oxygen atoms in total. The number of benzene rings is 1. The molecule has 0 N–H and O–H groups in total. The lowest BCUT2D eigenvalue weighted by Crippen LogP contribution is -2.20. The summed E-state index contributed by atoms with van der Waals surface area (Å²) in [7, 11) is 0. The summed E-state index contributed by atoms with van der Waals surface area (Å²) in [5.74, 6) is 0.656. The Morgan fingerprint density at radius 2 is 2.17 bits per heavy atom. The van der Waals surface area contributed by atoms with Crippen LogP contribution in [0.25, 0.3) is 11.0 Å². The summed E-state index contributed by atoms with van der Waals surface area (Å²) >= 11 is 3.57. The number of ether oxygens (including phenoxy) is 1. The molecular weight excluding hydrogens is 294 g/mol. The lowest BCUT2D eigenvalue weighted by Gasteiger charge is -2.21. The number of hydrogen-bond acceptors (Lipinski definition) is 3. The van der Waals surface area contributed by atoms with E-state index < -0.39 is 0 Å². The summed E-state index contributed by atoms with van der Waals surface area (Å²) in [6, 6.07) is 4.19. The highest BCUT2D eigenvalue weighted by Gasteiger charge is 2.16. The molecule has 0 amide bonds. The molecule has 1 fully saturated rings. The van der Waals surface area contributed by atoms with E-state index in [1.54, 1.807) is 0 Å². The number of nitrogens with zero attached hydrogens (tertiary/aromatic N) is 3. The van der Waals surface area contributed by atoms with Crippen LogP contribution in [0.4, 0.5) is 0 Å². The van der Waals surface area contributed by atoms with Gasteiger partial charge in [-0.25, -0.2) is 4.68 Å². The Labute approximate surface area is 114 Å². The fourth-order valence-electron chi connectivity index (χ4n) is 2.40.